The van der Waals surface area contributed by atoms with Gasteiger partial charge in [-0.2, -0.15) is 0 Å². The van der Waals surface area contributed by atoms with Crippen LogP contribution in [0.4, 0.5) is 5.69 Å². The highest BCUT2D eigenvalue weighted by Gasteiger charge is 2.22. The zero-order chi connectivity index (χ0) is 14.7. The van der Waals surface area contributed by atoms with E-state index in [0.717, 1.165) is 5.56 Å². The molecular weight excluding hydrogens is 264 g/mol. The van der Waals surface area contributed by atoms with Crippen molar-refractivity contribution in [2.75, 3.05) is 18.9 Å². The fraction of sp³-hybridized carbons (Fsp3) is 0.538. The molecule has 19 heavy (non-hydrogen) atoms. The van der Waals surface area contributed by atoms with E-state index in [4.69, 9.17) is 10.8 Å². The number of nitrogens with one attached hydrogen (secondary N) is 1. The Hall–Kier alpha value is -1.11. The van der Waals surface area contributed by atoms with Crippen molar-refractivity contribution in [1.29, 1.82) is 0 Å². The third-order valence-corrected chi connectivity index (χ3v) is 4.48. The van der Waals surface area contributed by atoms with E-state index in [9.17, 15) is 8.42 Å². The minimum absolute atomic E-state index is 0.0374. The number of hydrogen-bond acceptors (Lipinski definition) is 4. The van der Waals surface area contributed by atoms with Crippen LogP contribution in [0.15, 0.2) is 23.1 Å². The van der Waals surface area contributed by atoms with E-state index in [1.807, 2.05) is 13.8 Å². The molecule has 0 amide bonds. The summed E-state index contributed by atoms with van der Waals surface area (Å²) in [4.78, 5) is 0.207. The first-order chi connectivity index (χ1) is 8.68. The van der Waals surface area contributed by atoms with Crippen LogP contribution in [-0.2, 0) is 10.0 Å². The fourth-order valence-electron chi connectivity index (χ4n) is 1.58. The number of aliphatic hydroxyl groups excluding tert-OH is 1. The maximum absolute atomic E-state index is 12.1. The summed E-state index contributed by atoms with van der Waals surface area (Å²) < 4.78 is 26.8. The van der Waals surface area contributed by atoms with Gasteiger partial charge in [0.05, 0.1) is 4.90 Å². The zero-order valence-corrected chi connectivity index (χ0v) is 12.4. The Kier molecular flexibility index (Phi) is 4.95. The number of nitrogens with two attached hydrogens (primary N) is 1. The summed E-state index contributed by atoms with van der Waals surface area (Å²) in [6.07, 6.45) is 0.538. The smallest absolute Gasteiger partial charge is 0.240 e. The van der Waals surface area contributed by atoms with Gasteiger partial charge in [0.2, 0.25) is 10.0 Å². The van der Waals surface area contributed by atoms with E-state index in [2.05, 4.69) is 4.72 Å². The lowest BCUT2D eigenvalue weighted by atomic mass is 9.90. The van der Waals surface area contributed by atoms with Gasteiger partial charge in [0.15, 0.2) is 0 Å². The summed E-state index contributed by atoms with van der Waals surface area (Å²) in [6, 6.07) is 4.63. The molecule has 1 rings (SSSR count). The van der Waals surface area contributed by atoms with E-state index in [1.165, 1.54) is 6.07 Å². The van der Waals surface area contributed by atoms with Crippen molar-refractivity contribution in [3.63, 3.8) is 0 Å². The molecule has 0 spiro atoms. The minimum atomic E-state index is -3.54. The first kappa shape index (κ1) is 15.9. The summed E-state index contributed by atoms with van der Waals surface area (Å²) in [5, 5.41) is 8.92. The summed E-state index contributed by atoms with van der Waals surface area (Å²) in [5.41, 5.74) is 6.69. The predicted octanol–water partition coefficient (Wildman–Crippen LogP) is 1.26. The molecule has 0 saturated heterocycles. The molecule has 0 unspecified atom stereocenters. The van der Waals surface area contributed by atoms with Crippen LogP contribution in [0.1, 0.15) is 25.8 Å². The minimum Gasteiger partial charge on any atom is -0.399 e. The molecule has 0 aliphatic carbocycles. The van der Waals surface area contributed by atoms with Gasteiger partial charge in [-0.3, -0.25) is 0 Å². The van der Waals surface area contributed by atoms with E-state index in [0.29, 0.717) is 12.1 Å². The Balaban J connectivity index is 2.84. The van der Waals surface area contributed by atoms with Gasteiger partial charge in [-0.05, 0) is 42.5 Å². The average Bonchev–Trinajstić information content (AvgIpc) is 2.30. The molecule has 1 aromatic rings. The Morgan fingerprint density at radius 2 is 2.00 bits per heavy atom. The Morgan fingerprint density at radius 3 is 2.53 bits per heavy atom. The zero-order valence-electron chi connectivity index (χ0n) is 11.6. The van der Waals surface area contributed by atoms with Gasteiger partial charge in [0.1, 0.15) is 0 Å². The molecule has 0 atom stereocenters. The quantitative estimate of drug-likeness (QED) is 0.687. The largest absolute Gasteiger partial charge is 0.399 e. The number of benzene rings is 1. The molecule has 0 bridgehead atoms. The molecule has 0 saturated carbocycles. The van der Waals surface area contributed by atoms with Crippen LogP contribution < -0.4 is 10.5 Å². The lowest BCUT2D eigenvalue weighted by Crippen LogP contribution is -2.34. The molecule has 6 heteroatoms. The van der Waals surface area contributed by atoms with Crippen LogP contribution in [0.5, 0.6) is 0 Å². The molecule has 108 valence electrons. The standard InChI is InChI=1S/C13H22N2O3S/c1-10-8-11(4-5-12(10)14)19(17,18)15-9-13(2,3)6-7-16/h4-5,8,15-16H,6-7,9,14H2,1-3H3. The first-order valence-electron chi connectivity index (χ1n) is 6.15. The van der Waals surface area contributed by atoms with Gasteiger partial charge in [-0.25, -0.2) is 13.1 Å². The molecule has 0 fully saturated rings. The monoisotopic (exact) mass is 286 g/mol. The fourth-order valence-corrected chi connectivity index (χ4v) is 2.91. The molecule has 0 heterocycles. The van der Waals surface area contributed by atoms with Crippen LogP contribution in [0.25, 0.3) is 0 Å². The topological polar surface area (TPSA) is 92.4 Å². The second kappa shape index (κ2) is 5.90. The van der Waals surface area contributed by atoms with Crippen molar-refractivity contribution in [2.45, 2.75) is 32.1 Å². The maximum Gasteiger partial charge on any atom is 0.240 e. The van der Waals surface area contributed by atoms with Gasteiger partial charge in [0, 0.05) is 18.8 Å². The highest BCUT2D eigenvalue weighted by molar-refractivity contribution is 7.89. The first-order valence-corrected chi connectivity index (χ1v) is 7.63. The van der Waals surface area contributed by atoms with Crippen molar-refractivity contribution < 1.29 is 13.5 Å². The summed E-state index contributed by atoms with van der Waals surface area (Å²) in [5.74, 6) is 0. The molecule has 5 nitrogen and oxygen atoms in total. The van der Waals surface area contributed by atoms with Gasteiger partial charge < -0.3 is 10.8 Å². The van der Waals surface area contributed by atoms with Crippen molar-refractivity contribution in [1.82, 2.24) is 4.72 Å². The van der Waals surface area contributed by atoms with Crippen molar-refractivity contribution in [3.8, 4) is 0 Å². The summed E-state index contributed by atoms with van der Waals surface area (Å²) in [6.45, 7) is 5.89. The van der Waals surface area contributed by atoms with Gasteiger partial charge >= 0.3 is 0 Å². The van der Waals surface area contributed by atoms with E-state index < -0.39 is 10.0 Å². The number of aliphatic hydroxyl groups is 1. The highest BCUT2D eigenvalue weighted by atomic mass is 32.2. The molecule has 0 aliphatic rings. The molecule has 0 aromatic heterocycles. The average molecular weight is 286 g/mol. The van der Waals surface area contributed by atoms with Gasteiger partial charge in [0.25, 0.3) is 0 Å². The second-order valence-corrected chi connectivity index (χ2v) is 7.25. The molecule has 0 radical (unpaired) electrons. The lowest BCUT2D eigenvalue weighted by Gasteiger charge is -2.23. The van der Waals surface area contributed by atoms with Crippen LogP contribution in [0.3, 0.4) is 0 Å². The number of aryl methyl sites for hydroxylation is 1. The van der Waals surface area contributed by atoms with Crippen molar-refractivity contribution in [2.24, 2.45) is 5.41 Å². The number of anilines is 1. The number of rotatable bonds is 6. The maximum atomic E-state index is 12.1. The van der Waals surface area contributed by atoms with E-state index in [1.54, 1.807) is 19.1 Å². The summed E-state index contributed by atoms with van der Waals surface area (Å²) in [7, 11) is -3.54. The third-order valence-electron chi connectivity index (χ3n) is 3.08. The van der Waals surface area contributed by atoms with Crippen LogP contribution in [0, 0.1) is 12.3 Å². The van der Waals surface area contributed by atoms with Crippen LogP contribution >= 0.6 is 0 Å². The number of sulfonamides is 1. The normalized spacial score (nSPS) is 12.6. The third kappa shape index (κ3) is 4.49. The Morgan fingerprint density at radius 1 is 1.37 bits per heavy atom. The van der Waals surface area contributed by atoms with Crippen LogP contribution in [-0.4, -0.2) is 26.7 Å². The Labute approximate surface area is 114 Å². The SMILES string of the molecule is Cc1cc(S(=O)(=O)NCC(C)(C)CCO)ccc1N. The van der Waals surface area contributed by atoms with Crippen LogP contribution in [0.2, 0.25) is 0 Å². The number of nitrogen functional groups attached to an aromatic ring is 1. The molecular formula is C13H22N2O3S. The van der Waals surface area contributed by atoms with Gasteiger partial charge in [-0.15, -0.1) is 0 Å². The summed E-state index contributed by atoms with van der Waals surface area (Å²) >= 11 is 0. The molecule has 4 N–H and O–H groups in total. The molecule has 0 aliphatic heterocycles. The Bertz CT molecular complexity index is 539. The van der Waals surface area contributed by atoms with Gasteiger partial charge in [-0.1, -0.05) is 13.8 Å². The van der Waals surface area contributed by atoms with Crippen molar-refractivity contribution in [3.05, 3.63) is 23.8 Å². The number of hydrogen-bond donors (Lipinski definition) is 3. The van der Waals surface area contributed by atoms with E-state index in [-0.39, 0.29) is 23.5 Å². The highest BCUT2D eigenvalue weighted by Crippen LogP contribution is 2.21. The second-order valence-electron chi connectivity index (χ2n) is 5.48. The lowest BCUT2D eigenvalue weighted by molar-refractivity contribution is 0.213. The van der Waals surface area contributed by atoms with E-state index >= 15 is 0 Å². The molecule has 1 aromatic carbocycles. The van der Waals surface area contributed by atoms with Crippen molar-refractivity contribution >= 4 is 15.7 Å². The predicted molar refractivity (Wildman–Crippen MR) is 76.3 cm³/mol.